The number of hydrogen-bond donors (Lipinski definition) is 2. The third-order valence-corrected chi connectivity index (χ3v) is 4.42. The van der Waals surface area contributed by atoms with Gasteiger partial charge in [-0.3, -0.25) is 4.99 Å². The van der Waals surface area contributed by atoms with Crippen LogP contribution in [0.15, 0.2) is 40.2 Å². The molecule has 5 nitrogen and oxygen atoms in total. The minimum Gasteiger partial charge on any atom is -0.357 e. The van der Waals surface area contributed by atoms with Gasteiger partial charge in [0.2, 0.25) is 0 Å². The second kappa shape index (κ2) is 12.0. The van der Waals surface area contributed by atoms with Gasteiger partial charge in [0.15, 0.2) is 5.96 Å². The molecule has 0 spiro atoms. The zero-order chi connectivity index (χ0) is 15.6. The predicted molar refractivity (Wildman–Crippen MR) is 106 cm³/mol. The highest BCUT2D eigenvalue weighted by Gasteiger charge is 2.02. The molecule has 0 fully saturated rings. The highest BCUT2D eigenvalue weighted by Crippen LogP contribution is 2.15. The van der Waals surface area contributed by atoms with E-state index in [4.69, 9.17) is 0 Å². The van der Waals surface area contributed by atoms with Crippen molar-refractivity contribution in [1.29, 1.82) is 0 Å². The average molecular weight is 457 g/mol. The monoisotopic (exact) mass is 457 g/mol. The van der Waals surface area contributed by atoms with Crippen molar-refractivity contribution in [2.24, 2.45) is 4.99 Å². The maximum Gasteiger partial charge on any atom is 0.191 e. The molecule has 0 atom stereocenters. The molecule has 0 aliphatic heterocycles. The Labute approximate surface area is 154 Å². The first-order valence-corrected chi connectivity index (χ1v) is 9.93. The van der Waals surface area contributed by atoms with Crippen molar-refractivity contribution in [2.45, 2.75) is 11.8 Å². The third kappa shape index (κ3) is 11.1. The lowest BCUT2D eigenvalue weighted by Crippen LogP contribution is -2.38. The Balaban J connectivity index is 0.00000441. The SMILES string of the molecule is CCNC(=NCCS(C)(=O)=O)NCCSc1ccccc1.I. The smallest absolute Gasteiger partial charge is 0.191 e. The lowest BCUT2D eigenvalue weighted by molar-refractivity contribution is 0.601. The first-order valence-electron chi connectivity index (χ1n) is 6.89. The molecule has 126 valence electrons. The van der Waals surface area contributed by atoms with Crippen LogP contribution in [-0.4, -0.2) is 51.8 Å². The molecule has 0 saturated heterocycles. The van der Waals surface area contributed by atoms with E-state index in [1.807, 2.05) is 25.1 Å². The molecule has 0 aliphatic rings. The molecule has 0 saturated carbocycles. The van der Waals surface area contributed by atoms with E-state index in [0.717, 1.165) is 18.8 Å². The minimum atomic E-state index is -2.96. The van der Waals surface area contributed by atoms with Crippen LogP contribution >= 0.6 is 35.7 Å². The average Bonchev–Trinajstić information content (AvgIpc) is 2.43. The molecule has 0 unspecified atom stereocenters. The van der Waals surface area contributed by atoms with Crippen LogP contribution in [0.25, 0.3) is 0 Å². The zero-order valence-electron chi connectivity index (χ0n) is 12.9. The van der Waals surface area contributed by atoms with E-state index in [1.54, 1.807) is 11.8 Å². The summed E-state index contributed by atoms with van der Waals surface area (Å²) in [5.41, 5.74) is 0. The summed E-state index contributed by atoms with van der Waals surface area (Å²) in [5, 5.41) is 6.30. The second-order valence-electron chi connectivity index (χ2n) is 4.48. The Hall–Kier alpha value is -0.480. The summed E-state index contributed by atoms with van der Waals surface area (Å²) in [7, 11) is -2.96. The van der Waals surface area contributed by atoms with Crippen LogP contribution in [0.1, 0.15) is 6.92 Å². The van der Waals surface area contributed by atoms with Gasteiger partial charge in [0, 0.05) is 30.0 Å². The first kappa shape index (κ1) is 21.5. The Morgan fingerprint density at radius 2 is 1.91 bits per heavy atom. The van der Waals surface area contributed by atoms with Gasteiger partial charge >= 0.3 is 0 Å². The van der Waals surface area contributed by atoms with Crippen LogP contribution in [0.3, 0.4) is 0 Å². The summed E-state index contributed by atoms with van der Waals surface area (Å²) in [5.74, 6) is 1.65. The van der Waals surface area contributed by atoms with Crippen LogP contribution in [0.2, 0.25) is 0 Å². The van der Waals surface area contributed by atoms with Gasteiger partial charge < -0.3 is 10.6 Å². The van der Waals surface area contributed by atoms with E-state index >= 15 is 0 Å². The first-order chi connectivity index (χ1) is 10.0. The predicted octanol–water partition coefficient (Wildman–Crippen LogP) is 2.00. The molecule has 0 radical (unpaired) electrons. The van der Waals surface area contributed by atoms with Gasteiger partial charge in [-0.1, -0.05) is 18.2 Å². The quantitative estimate of drug-likeness (QED) is 0.206. The minimum absolute atomic E-state index is 0. The number of hydrogen-bond acceptors (Lipinski definition) is 4. The number of thioether (sulfide) groups is 1. The van der Waals surface area contributed by atoms with Crippen LogP contribution in [0.4, 0.5) is 0 Å². The fourth-order valence-electron chi connectivity index (χ4n) is 1.52. The number of aliphatic imine (C=N–C) groups is 1. The van der Waals surface area contributed by atoms with Crippen molar-refractivity contribution in [1.82, 2.24) is 10.6 Å². The Morgan fingerprint density at radius 1 is 1.23 bits per heavy atom. The van der Waals surface area contributed by atoms with Gasteiger partial charge in [0.25, 0.3) is 0 Å². The summed E-state index contributed by atoms with van der Waals surface area (Å²) < 4.78 is 22.1. The third-order valence-electron chi connectivity index (χ3n) is 2.48. The Kier molecular flexibility index (Phi) is 11.7. The maximum atomic E-state index is 11.1. The van der Waals surface area contributed by atoms with E-state index < -0.39 is 9.84 Å². The highest BCUT2D eigenvalue weighted by molar-refractivity contribution is 14.0. The van der Waals surface area contributed by atoms with Crippen molar-refractivity contribution in [2.75, 3.05) is 37.4 Å². The van der Waals surface area contributed by atoms with Crippen LogP contribution in [0, 0.1) is 0 Å². The number of nitrogens with one attached hydrogen (secondary N) is 2. The normalized spacial score (nSPS) is 11.6. The lowest BCUT2D eigenvalue weighted by Gasteiger charge is -2.11. The fraction of sp³-hybridized carbons (Fsp3) is 0.500. The molecule has 1 aromatic rings. The summed E-state index contributed by atoms with van der Waals surface area (Å²) in [4.78, 5) is 5.48. The molecule has 0 heterocycles. The number of rotatable bonds is 8. The number of sulfone groups is 1. The molecular formula is C14H24IN3O2S2. The number of benzene rings is 1. The topological polar surface area (TPSA) is 70.6 Å². The van der Waals surface area contributed by atoms with Gasteiger partial charge in [0.05, 0.1) is 12.3 Å². The zero-order valence-corrected chi connectivity index (χ0v) is 16.9. The fourth-order valence-corrected chi connectivity index (χ4v) is 2.73. The molecular weight excluding hydrogens is 433 g/mol. The summed E-state index contributed by atoms with van der Waals surface area (Å²) >= 11 is 1.77. The number of guanidine groups is 1. The summed E-state index contributed by atoms with van der Waals surface area (Å²) in [6, 6.07) is 10.2. The molecule has 0 aromatic heterocycles. The molecule has 0 amide bonds. The molecule has 0 bridgehead atoms. The Morgan fingerprint density at radius 3 is 2.50 bits per heavy atom. The van der Waals surface area contributed by atoms with Crippen molar-refractivity contribution in [3.05, 3.63) is 30.3 Å². The van der Waals surface area contributed by atoms with Gasteiger partial charge in [-0.2, -0.15) is 0 Å². The number of nitrogens with zero attached hydrogens (tertiary/aromatic N) is 1. The van der Waals surface area contributed by atoms with Crippen LogP contribution in [-0.2, 0) is 9.84 Å². The Bertz CT molecular complexity index is 536. The number of halogens is 1. The van der Waals surface area contributed by atoms with Crippen molar-refractivity contribution in [3.8, 4) is 0 Å². The maximum absolute atomic E-state index is 11.1. The molecule has 1 aromatic carbocycles. The van der Waals surface area contributed by atoms with E-state index in [-0.39, 0.29) is 36.3 Å². The second-order valence-corrected chi connectivity index (χ2v) is 7.91. The largest absolute Gasteiger partial charge is 0.357 e. The van der Waals surface area contributed by atoms with Crippen molar-refractivity contribution < 1.29 is 8.42 Å². The van der Waals surface area contributed by atoms with Gasteiger partial charge in [-0.25, -0.2) is 8.42 Å². The summed E-state index contributed by atoms with van der Waals surface area (Å²) in [6.45, 7) is 3.77. The molecule has 0 aliphatic carbocycles. The van der Waals surface area contributed by atoms with Crippen LogP contribution in [0.5, 0.6) is 0 Å². The summed E-state index contributed by atoms with van der Waals surface area (Å²) in [6.07, 6.45) is 1.22. The molecule has 1 rings (SSSR count). The van der Waals surface area contributed by atoms with Crippen molar-refractivity contribution >= 4 is 51.5 Å². The molecule has 2 N–H and O–H groups in total. The standard InChI is InChI=1S/C14H23N3O2S2.HI/c1-3-15-14(17-10-12-21(2,18)19)16-9-11-20-13-7-5-4-6-8-13;/h4-8H,3,9-12H2,1-2H3,(H2,15,16,17);1H. The van der Waals surface area contributed by atoms with E-state index in [0.29, 0.717) is 5.96 Å². The van der Waals surface area contributed by atoms with E-state index in [1.165, 1.54) is 11.2 Å². The van der Waals surface area contributed by atoms with Gasteiger partial charge in [-0.05, 0) is 19.1 Å². The highest BCUT2D eigenvalue weighted by atomic mass is 127. The van der Waals surface area contributed by atoms with Crippen LogP contribution < -0.4 is 10.6 Å². The molecule has 22 heavy (non-hydrogen) atoms. The van der Waals surface area contributed by atoms with Gasteiger partial charge in [0.1, 0.15) is 9.84 Å². The van der Waals surface area contributed by atoms with Crippen molar-refractivity contribution in [3.63, 3.8) is 0 Å². The van der Waals surface area contributed by atoms with Gasteiger partial charge in [-0.15, -0.1) is 35.7 Å². The van der Waals surface area contributed by atoms with E-state index in [9.17, 15) is 8.42 Å². The van der Waals surface area contributed by atoms with E-state index in [2.05, 4.69) is 27.8 Å². The molecule has 8 heteroatoms. The lowest BCUT2D eigenvalue weighted by atomic mass is 10.4.